The third kappa shape index (κ3) is 4.45. The number of fused-ring (bicyclic) bond motifs is 1. The van der Waals surface area contributed by atoms with Crippen molar-refractivity contribution in [1.29, 1.82) is 0 Å². The summed E-state index contributed by atoms with van der Waals surface area (Å²) in [5.74, 6) is -1.78. The molecule has 1 aliphatic carbocycles. The first-order chi connectivity index (χ1) is 11.9. The van der Waals surface area contributed by atoms with Crippen molar-refractivity contribution in [3.63, 3.8) is 0 Å². The molecule has 1 N–H and O–H groups in total. The lowest BCUT2D eigenvalue weighted by Gasteiger charge is -2.30. The lowest BCUT2D eigenvalue weighted by Crippen LogP contribution is -2.36. The molecule has 2 rings (SSSR count). The molecule has 1 heterocycles. The standard InChI is InChI=1S/C19H24O6/c1-11(2)18(22)24-15-7-13(9-20)5-4-6-14(10-21)8-16-17(15)12(3)19(23)25-16/h6,10,13,15-17,20H,1,3-5,7-9H2,2H3/b14-6-/t13-,15?,16-,17-/m1/s1. The molecule has 4 atom stereocenters. The van der Waals surface area contributed by atoms with Crippen LogP contribution in [0.15, 0.2) is 36.0 Å². The highest BCUT2D eigenvalue weighted by atomic mass is 16.6. The van der Waals surface area contributed by atoms with Gasteiger partial charge in [-0.05, 0) is 37.7 Å². The Labute approximate surface area is 147 Å². The summed E-state index contributed by atoms with van der Waals surface area (Å²) in [4.78, 5) is 35.4. The number of aliphatic hydroxyl groups is 1. The SMILES string of the molecule is C=C(C)C(=O)OC1C[C@H](CO)CC/C=C(\C=O)C[C@H]2OC(=O)C(=C)[C@H]12. The molecule has 0 aromatic heterocycles. The molecule has 6 heteroatoms. The fourth-order valence-corrected chi connectivity index (χ4v) is 3.31. The summed E-state index contributed by atoms with van der Waals surface area (Å²) in [6, 6.07) is 0. The Kier molecular flexibility index (Phi) is 6.31. The Morgan fingerprint density at radius 3 is 2.84 bits per heavy atom. The minimum atomic E-state index is -0.670. The van der Waals surface area contributed by atoms with Gasteiger partial charge in [-0.15, -0.1) is 0 Å². The molecule has 0 saturated carbocycles. The minimum absolute atomic E-state index is 0.0793. The van der Waals surface area contributed by atoms with Gasteiger partial charge >= 0.3 is 11.9 Å². The van der Waals surface area contributed by atoms with Crippen molar-refractivity contribution in [3.8, 4) is 0 Å². The smallest absolute Gasteiger partial charge is 0.334 e. The predicted molar refractivity (Wildman–Crippen MR) is 90.4 cm³/mol. The van der Waals surface area contributed by atoms with E-state index in [-0.39, 0.29) is 30.1 Å². The number of carbonyl (C=O) groups excluding carboxylic acids is 3. The first kappa shape index (κ1) is 19.1. The second-order valence-corrected chi connectivity index (χ2v) is 6.68. The van der Waals surface area contributed by atoms with Gasteiger partial charge in [0.2, 0.25) is 0 Å². The maximum Gasteiger partial charge on any atom is 0.334 e. The molecular formula is C19H24O6. The van der Waals surface area contributed by atoms with E-state index in [1.807, 2.05) is 6.08 Å². The monoisotopic (exact) mass is 348 g/mol. The van der Waals surface area contributed by atoms with Crippen LogP contribution in [-0.4, -0.2) is 42.1 Å². The Morgan fingerprint density at radius 2 is 2.24 bits per heavy atom. The summed E-state index contributed by atoms with van der Waals surface area (Å²) in [7, 11) is 0. The van der Waals surface area contributed by atoms with Crippen LogP contribution < -0.4 is 0 Å². The second kappa shape index (κ2) is 8.25. The number of esters is 2. The molecule has 0 aromatic rings. The highest BCUT2D eigenvalue weighted by Crippen LogP contribution is 2.38. The lowest BCUT2D eigenvalue weighted by atomic mass is 9.81. The van der Waals surface area contributed by atoms with Gasteiger partial charge in [0.1, 0.15) is 18.5 Å². The molecular weight excluding hydrogens is 324 g/mol. The van der Waals surface area contributed by atoms with Crippen molar-refractivity contribution in [2.75, 3.05) is 6.61 Å². The zero-order valence-electron chi connectivity index (χ0n) is 14.4. The van der Waals surface area contributed by atoms with Crippen molar-refractivity contribution in [2.45, 2.75) is 44.8 Å². The van der Waals surface area contributed by atoms with E-state index in [0.29, 0.717) is 24.8 Å². The predicted octanol–water partition coefficient (Wildman–Crippen LogP) is 1.88. The van der Waals surface area contributed by atoms with Crippen LogP contribution in [0.25, 0.3) is 0 Å². The van der Waals surface area contributed by atoms with E-state index in [9.17, 15) is 19.5 Å². The molecule has 136 valence electrons. The van der Waals surface area contributed by atoms with Crippen molar-refractivity contribution >= 4 is 18.2 Å². The van der Waals surface area contributed by atoms with E-state index >= 15 is 0 Å². The zero-order valence-corrected chi connectivity index (χ0v) is 14.4. The summed E-state index contributed by atoms with van der Waals surface area (Å²) in [6.07, 6.45) is 3.17. The van der Waals surface area contributed by atoms with Gasteiger partial charge in [0.25, 0.3) is 0 Å². The van der Waals surface area contributed by atoms with Gasteiger partial charge in [0, 0.05) is 24.2 Å². The molecule has 0 aromatic carbocycles. The molecule has 0 bridgehead atoms. The van der Waals surface area contributed by atoms with E-state index in [1.165, 1.54) is 0 Å². The number of rotatable bonds is 4. The van der Waals surface area contributed by atoms with Crippen LogP contribution in [-0.2, 0) is 23.9 Å². The van der Waals surface area contributed by atoms with Crippen LogP contribution in [0.1, 0.15) is 32.6 Å². The fourth-order valence-electron chi connectivity index (χ4n) is 3.31. The largest absolute Gasteiger partial charge is 0.458 e. The molecule has 1 fully saturated rings. The third-order valence-corrected chi connectivity index (χ3v) is 4.72. The summed E-state index contributed by atoms with van der Waals surface area (Å²) in [6.45, 7) is 8.84. The summed E-state index contributed by atoms with van der Waals surface area (Å²) in [5.41, 5.74) is 1.01. The number of carbonyl (C=O) groups is 3. The molecule has 25 heavy (non-hydrogen) atoms. The third-order valence-electron chi connectivity index (χ3n) is 4.72. The van der Waals surface area contributed by atoms with Gasteiger partial charge in [-0.25, -0.2) is 9.59 Å². The maximum absolute atomic E-state index is 12.0. The highest BCUT2D eigenvalue weighted by molar-refractivity contribution is 5.91. The molecule has 0 spiro atoms. The van der Waals surface area contributed by atoms with E-state index in [1.54, 1.807) is 6.92 Å². The number of hydrogen-bond acceptors (Lipinski definition) is 6. The Bertz CT molecular complexity index is 617. The van der Waals surface area contributed by atoms with Crippen LogP contribution >= 0.6 is 0 Å². The first-order valence-electron chi connectivity index (χ1n) is 8.38. The molecule has 6 nitrogen and oxygen atoms in total. The van der Waals surface area contributed by atoms with Gasteiger partial charge in [0.05, 0.1) is 5.92 Å². The molecule has 0 amide bonds. The van der Waals surface area contributed by atoms with Gasteiger partial charge < -0.3 is 14.6 Å². The molecule has 2 aliphatic rings. The van der Waals surface area contributed by atoms with Gasteiger partial charge in [0.15, 0.2) is 0 Å². The maximum atomic E-state index is 12.0. The van der Waals surface area contributed by atoms with E-state index in [4.69, 9.17) is 9.47 Å². The second-order valence-electron chi connectivity index (χ2n) is 6.68. The van der Waals surface area contributed by atoms with Gasteiger partial charge in [-0.3, -0.25) is 4.79 Å². The van der Waals surface area contributed by atoms with Crippen LogP contribution in [0, 0.1) is 11.8 Å². The fraction of sp³-hybridized carbons (Fsp3) is 0.526. The summed E-state index contributed by atoms with van der Waals surface area (Å²) < 4.78 is 10.9. The molecule has 1 saturated heterocycles. The average molecular weight is 348 g/mol. The van der Waals surface area contributed by atoms with Crippen molar-refractivity contribution < 1.29 is 29.0 Å². The summed E-state index contributed by atoms with van der Waals surface area (Å²) in [5, 5.41) is 9.64. The zero-order chi connectivity index (χ0) is 18.6. The van der Waals surface area contributed by atoms with E-state index in [0.717, 1.165) is 6.29 Å². The summed E-state index contributed by atoms with van der Waals surface area (Å²) >= 11 is 0. The minimum Gasteiger partial charge on any atom is -0.458 e. The van der Waals surface area contributed by atoms with Crippen LogP contribution in [0.4, 0.5) is 0 Å². The highest BCUT2D eigenvalue weighted by Gasteiger charge is 2.46. The Morgan fingerprint density at radius 1 is 1.52 bits per heavy atom. The van der Waals surface area contributed by atoms with Crippen LogP contribution in [0.2, 0.25) is 0 Å². The van der Waals surface area contributed by atoms with Gasteiger partial charge in [-0.2, -0.15) is 0 Å². The van der Waals surface area contributed by atoms with Crippen molar-refractivity contribution in [2.24, 2.45) is 11.8 Å². The van der Waals surface area contributed by atoms with Crippen molar-refractivity contribution in [3.05, 3.63) is 36.0 Å². The van der Waals surface area contributed by atoms with Crippen molar-refractivity contribution in [1.82, 2.24) is 0 Å². The Hall–Kier alpha value is -2.21. The normalized spacial score (nSPS) is 32.0. The first-order valence-corrected chi connectivity index (χ1v) is 8.38. The molecule has 1 unspecified atom stereocenters. The molecule has 1 aliphatic heterocycles. The van der Waals surface area contributed by atoms with Gasteiger partial charge in [-0.1, -0.05) is 19.2 Å². The van der Waals surface area contributed by atoms with E-state index in [2.05, 4.69) is 13.2 Å². The number of hydrogen-bond donors (Lipinski definition) is 1. The molecule has 0 radical (unpaired) electrons. The number of allylic oxidation sites excluding steroid dienone is 1. The van der Waals surface area contributed by atoms with Crippen LogP contribution in [0.3, 0.4) is 0 Å². The average Bonchev–Trinajstić information content (AvgIpc) is 2.85. The quantitative estimate of drug-likeness (QED) is 0.474. The Balaban J connectivity index is 2.38. The number of ether oxygens (including phenoxy) is 2. The number of aliphatic hydroxyl groups excluding tert-OH is 1. The topological polar surface area (TPSA) is 89.9 Å². The van der Waals surface area contributed by atoms with Crippen LogP contribution in [0.5, 0.6) is 0 Å². The number of aldehydes is 1. The van der Waals surface area contributed by atoms with E-state index < -0.39 is 30.1 Å². The lowest BCUT2D eigenvalue weighted by molar-refractivity contribution is -0.149.